The van der Waals surface area contributed by atoms with Gasteiger partial charge in [-0.2, -0.15) is 4.98 Å². The molecule has 2 unspecified atom stereocenters. The minimum Gasteiger partial charge on any atom is -0.366 e. The normalized spacial score (nSPS) is 16.9. The highest BCUT2D eigenvalue weighted by atomic mass is 32.1. The van der Waals surface area contributed by atoms with E-state index < -0.39 is 5.91 Å². The molecule has 2 amide bonds. The Kier molecular flexibility index (Phi) is 6.87. The maximum absolute atomic E-state index is 12.7. The van der Waals surface area contributed by atoms with Crippen LogP contribution in [-0.2, 0) is 4.79 Å². The van der Waals surface area contributed by atoms with Gasteiger partial charge in [0.1, 0.15) is 5.00 Å². The number of benzene rings is 1. The van der Waals surface area contributed by atoms with E-state index in [0.717, 1.165) is 31.7 Å². The first kappa shape index (κ1) is 23.1. The van der Waals surface area contributed by atoms with Crippen molar-refractivity contribution in [3.05, 3.63) is 52.7 Å². The minimum atomic E-state index is -0.548. The molecule has 33 heavy (non-hydrogen) atoms. The zero-order chi connectivity index (χ0) is 23.5. The molecule has 3 aromatic rings. The highest BCUT2D eigenvalue weighted by Gasteiger charge is 2.30. The average molecular weight is 469 g/mol. The van der Waals surface area contributed by atoms with Crippen LogP contribution >= 0.6 is 11.3 Å². The van der Waals surface area contributed by atoms with E-state index in [-0.39, 0.29) is 18.0 Å². The Balaban J connectivity index is 1.32. The number of nitrogens with one attached hydrogen (secondary N) is 1. The van der Waals surface area contributed by atoms with Gasteiger partial charge in [0.2, 0.25) is 17.6 Å². The molecule has 4 rings (SSSR count). The van der Waals surface area contributed by atoms with E-state index in [2.05, 4.69) is 32.2 Å². The van der Waals surface area contributed by atoms with Gasteiger partial charge in [-0.15, -0.1) is 11.3 Å². The summed E-state index contributed by atoms with van der Waals surface area (Å²) in [5, 5.41) is 9.22. The van der Waals surface area contributed by atoms with Crippen molar-refractivity contribution in [1.29, 1.82) is 0 Å². The lowest BCUT2D eigenvalue weighted by Gasteiger charge is -2.39. The van der Waals surface area contributed by atoms with E-state index in [1.807, 2.05) is 38.1 Å². The molecule has 10 heteroatoms. The van der Waals surface area contributed by atoms with Gasteiger partial charge >= 0.3 is 0 Å². The molecule has 9 nitrogen and oxygen atoms in total. The Morgan fingerprint density at radius 1 is 1.09 bits per heavy atom. The van der Waals surface area contributed by atoms with Gasteiger partial charge in [0.05, 0.1) is 17.6 Å². The molecule has 1 aliphatic heterocycles. The topological polar surface area (TPSA) is 118 Å². The first-order valence-electron chi connectivity index (χ1n) is 10.9. The monoisotopic (exact) mass is 468 g/mol. The molecule has 1 aliphatic rings. The number of nitrogens with zero attached hydrogens (tertiary/aromatic N) is 4. The molecule has 0 aliphatic carbocycles. The van der Waals surface area contributed by atoms with Gasteiger partial charge in [-0.05, 0) is 32.2 Å². The second-order valence-corrected chi connectivity index (χ2v) is 9.18. The first-order chi connectivity index (χ1) is 15.8. The predicted octanol–water partition coefficient (Wildman–Crippen LogP) is 2.91. The van der Waals surface area contributed by atoms with Crippen molar-refractivity contribution in [2.75, 3.05) is 31.5 Å². The molecule has 3 N–H and O–H groups in total. The van der Waals surface area contributed by atoms with E-state index in [1.165, 1.54) is 16.9 Å². The number of hydrogen-bond donors (Lipinski definition) is 2. The second kappa shape index (κ2) is 9.82. The average Bonchev–Trinajstić information content (AvgIpc) is 3.49. The van der Waals surface area contributed by atoms with Crippen LogP contribution in [0.15, 0.2) is 40.2 Å². The van der Waals surface area contributed by atoms with Crippen LogP contribution in [0.5, 0.6) is 0 Å². The molecule has 0 radical (unpaired) electrons. The number of aryl methyl sites for hydroxylation is 1. The third-order valence-electron chi connectivity index (χ3n) is 6.10. The summed E-state index contributed by atoms with van der Waals surface area (Å²) in [6.45, 7) is 8.96. The fourth-order valence-electron chi connectivity index (χ4n) is 3.88. The minimum absolute atomic E-state index is 0.0211. The Morgan fingerprint density at radius 3 is 2.42 bits per heavy atom. The van der Waals surface area contributed by atoms with E-state index in [0.29, 0.717) is 22.3 Å². The SMILES string of the molecule is Cc1ccc(-c2noc(C(C)N3CCN(C(C)C(=O)Nc4sccc4C(N)=O)CC3)n2)cc1. The Hall–Kier alpha value is -3.08. The molecule has 2 atom stereocenters. The van der Waals surface area contributed by atoms with Crippen molar-refractivity contribution < 1.29 is 14.1 Å². The number of piperazine rings is 1. The van der Waals surface area contributed by atoms with Crippen molar-refractivity contribution in [2.24, 2.45) is 5.73 Å². The number of carbonyl (C=O) groups is 2. The maximum atomic E-state index is 12.7. The number of rotatable bonds is 7. The summed E-state index contributed by atoms with van der Waals surface area (Å²) in [6.07, 6.45) is 0. The van der Waals surface area contributed by atoms with Crippen LogP contribution in [0.3, 0.4) is 0 Å². The van der Waals surface area contributed by atoms with Crippen molar-refractivity contribution in [3.8, 4) is 11.4 Å². The molecule has 174 valence electrons. The highest BCUT2D eigenvalue weighted by molar-refractivity contribution is 7.14. The lowest BCUT2D eigenvalue weighted by molar-refractivity contribution is -0.121. The summed E-state index contributed by atoms with van der Waals surface area (Å²) >= 11 is 1.29. The fourth-order valence-corrected chi connectivity index (χ4v) is 4.67. The summed E-state index contributed by atoms with van der Waals surface area (Å²) in [7, 11) is 0. The molecule has 0 saturated carbocycles. The number of carbonyl (C=O) groups excluding carboxylic acids is 2. The van der Waals surface area contributed by atoms with E-state index in [1.54, 1.807) is 11.4 Å². The van der Waals surface area contributed by atoms with Gasteiger partial charge in [-0.25, -0.2) is 0 Å². The largest absolute Gasteiger partial charge is 0.366 e. The Labute approximate surface area is 196 Å². The lowest BCUT2D eigenvalue weighted by Crippen LogP contribution is -2.53. The van der Waals surface area contributed by atoms with Gasteiger partial charge in [0.15, 0.2) is 0 Å². The third-order valence-corrected chi connectivity index (χ3v) is 6.93. The zero-order valence-electron chi connectivity index (χ0n) is 18.9. The Morgan fingerprint density at radius 2 is 1.76 bits per heavy atom. The molecule has 2 aromatic heterocycles. The number of primary amides is 1. The van der Waals surface area contributed by atoms with Crippen LogP contribution in [0.1, 0.15) is 41.7 Å². The molecule has 1 aromatic carbocycles. The maximum Gasteiger partial charge on any atom is 0.251 e. The Bertz CT molecular complexity index is 1120. The quantitative estimate of drug-likeness (QED) is 0.547. The third kappa shape index (κ3) is 5.13. The van der Waals surface area contributed by atoms with Crippen LogP contribution in [0, 0.1) is 6.92 Å². The standard InChI is InChI=1S/C23H28N6O3S/c1-14-4-6-17(7-5-14)20-25-22(32-27-20)16(3)29-11-9-28(10-12-29)15(2)21(31)26-23-18(19(24)30)8-13-33-23/h4-8,13,15-16H,9-12H2,1-3H3,(H2,24,30)(H,26,31). The van der Waals surface area contributed by atoms with Crippen molar-refractivity contribution in [3.63, 3.8) is 0 Å². The van der Waals surface area contributed by atoms with Gasteiger partial charge in [-0.1, -0.05) is 35.0 Å². The highest BCUT2D eigenvalue weighted by Crippen LogP contribution is 2.25. The number of anilines is 1. The van der Waals surface area contributed by atoms with E-state index >= 15 is 0 Å². The molecular formula is C23H28N6O3S. The predicted molar refractivity (Wildman–Crippen MR) is 127 cm³/mol. The fraction of sp³-hybridized carbons (Fsp3) is 0.391. The van der Waals surface area contributed by atoms with Crippen molar-refractivity contribution in [1.82, 2.24) is 19.9 Å². The van der Waals surface area contributed by atoms with Crippen molar-refractivity contribution >= 4 is 28.2 Å². The summed E-state index contributed by atoms with van der Waals surface area (Å²) in [5.74, 6) is 0.473. The van der Waals surface area contributed by atoms with Crippen molar-refractivity contribution in [2.45, 2.75) is 32.9 Å². The first-order valence-corrected chi connectivity index (χ1v) is 11.8. The molecule has 3 heterocycles. The molecule has 1 saturated heterocycles. The van der Waals surface area contributed by atoms with Crippen LogP contribution in [0.25, 0.3) is 11.4 Å². The number of hydrogen-bond acceptors (Lipinski definition) is 8. The van der Waals surface area contributed by atoms with Gasteiger partial charge < -0.3 is 15.6 Å². The molecule has 0 bridgehead atoms. The van der Waals surface area contributed by atoms with E-state index in [4.69, 9.17) is 10.3 Å². The number of amides is 2. The summed E-state index contributed by atoms with van der Waals surface area (Å²) in [5.41, 5.74) is 7.81. The van der Waals surface area contributed by atoms with Crippen LogP contribution in [0.4, 0.5) is 5.00 Å². The zero-order valence-corrected chi connectivity index (χ0v) is 19.8. The number of thiophene rings is 1. The van der Waals surface area contributed by atoms with Crippen LogP contribution in [-0.4, -0.2) is 64.0 Å². The summed E-state index contributed by atoms with van der Waals surface area (Å²) in [6, 6.07) is 9.30. The van der Waals surface area contributed by atoms with E-state index in [9.17, 15) is 9.59 Å². The summed E-state index contributed by atoms with van der Waals surface area (Å²) in [4.78, 5) is 33.2. The van der Waals surface area contributed by atoms with Crippen LogP contribution < -0.4 is 11.1 Å². The smallest absolute Gasteiger partial charge is 0.251 e. The summed E-state index contributed by atoms with van der Waals surface area (Å²) < 4.78 is 5.55. The number of nitrogens with two attached hydrogens (primary N) is 1. The van der Waals surface area contributed by atoms with Gasteiger partial charge in [0, 0.05) is 31.7 Å². The molecular weight excluding hydrogens is 440 g/mol. The molecule has 1 fully saturated rings. The lowest BCUT2D eigenvalue weighted by atomic mass is 10.1. The van der Waals surface area contributed by atoms with Gasteiger partial charge in [-0.3, -0.25) is 19.4 Å². The number of aromatic nitrogens is 2. The molecule has 0 spiro atoms. The van der Waals surface area contributed by atoms with Gasteiger partial charge in [0.25, 0.3) is 5.91 Å². The van der Waals surface area contributed by atoms with Crippen LogP contribution in [0.2, 0.25) is 0 Å². The second-order valence-electron chi connectivity index (χ2n) is 8.26.